The van der Waals surface area contributed by atoms with Gasteiger partial charge in [-0.3, -0.25) is 35.1 Å². The Morgan fingerprint density at radius 2 is 1.56 bits per heavy atom. The van der Waals surface area contributed by atoms with Crippen LogP contribution in [0.1, 0.15) is 5.56 Å². The molecule has 0 saturated carbocycles. The van der Waals surface area contributed by atoms with E-state index in [-0.39, 0.29) is 22.8 Å². The van der Waals surface area contributed by atoms with Crippen LogP contribution in [0.25, 0.3) is 6.08 Å². The van der Waals surface area contributed by atoms with E-state index in [9.17, 15) is 39.0 Å². The Labute approximate surface area is 200 Å². The molecule has 0 radical (unpaired) electrons. The highest BCUT2D eigenvalue weighted by molar-refractivity contribution is 6.39. The first kappa shape index (κ1) is 23.7. The van der Waals surface area contributed by atoms with Crippen molar-refractivity contribution in [3.8, 4) is 11.5 Å². The molecule has 0 bridgehead atoms. The van der Waals surface area contributed by atoms with Gasteiger partial charge in [0.1, 0.15) is 17.1 Å². The number of ether oxygens (including phenoxy) is 1. The molecule has 1 aliphatic rings. The molecule has 0 aliphatic carbocycles. The average molecular weight is 492 g/mol. The van der Waals surface area contributed by atoms with Gasteiger partial charge in [-0.2, -0.15) is 0 Å². The standard InChI is InChI=1S/C23H13FN4O8/c24-14-3-5-15(6-4-14)26-22(30)18(21(29)25-23(26)31)11-13-1-8-17(9-2-13)36-20-10-7-16(27(32)33)12-19(20)28(34)35/h1-12H,(H,25,29,31)/b18-11+. The van der Waals surface area contributed by atoms with Crippen LogP contribution in [0.3, 0.4) is 0 Å². The molecule has 1 aliphatic heterocycles. The molecule has 1 fully saturated rings. The number of benzene rings is 3. The normalized spacial score (nSPS) is 14.5. The van der Waals surface area contributed by atoms with Gasteiger partial charge in [0, 0.05) is 6.07 Å². The minimum absolute atomic E-state index is 0.0609. The number of carbonyl (C=O) groups excluding carboxylic acids is 3. The number of nitro benzene ring substituents is 2. The molecule has 4 rings (SSSR count). The van der Waals surface area contributed by atoms with Gasteiger partial charge in [0.15, 0.2) is 0 Å². The number of amides is 4. The van der Waals surface area contributed by atoms with E-state index in [0.29, 0.717) is 10.5 Å². The van der Waals surface area contributed by atoms with Crippen molar-refractivity contribution in [3.05, 3.63) is 104 Å². The third-order valence-corrected chi connectivity index (χ3v) is 4.96. The smallest absolute Gasteiger partial charge is 0.335 e. The Balaban J connectivity index is 1.58. The summed E-state index contributed by atoms with van der Waals surface area (Å²) in [6.45, 7) is 0. The molecule has 4 amide bonds. The first-order chi connectivity index (χ1) is 17.1. The van der Waals surface area contributed by atoms with E-state index in [0.717, 1.165) is 30.3 Å². The third kappa shape index (κ3) is 4.75. The molecule has 1 heterocycles. The summed E-state index contributed by atoms with van der Waals surface area (Å²) in [5.74, 6) is -2.51. The summed E-state index contributed by atoms with van der Waals surface area (Å²) < 4.78 is 18.7. The largest absolute Gasteiger partial charge is 0.450 e. The van der Waals surface area contributed by atoms with Crippen LogP contribution in [0.5, 0.6) is 11.5 Å². The maximum Gasteiger partial charge on any atom is 0.335 e. The topological polar surface area (TPSA) is 162 Å². The maximum absolute atomic E-state index is 13.2. The van der Waals surface area contributed by atoms with Crippen molar-refractivity contribution in [1.29, 1.82) is 0 Å². The van der Waals surface area contributed by atoms with Crippen molar-refractivity contribution >= 4 is 41.0 Å². The Kier molecular flexibility index (Phi) is 6.20. The van der Waals surface area contributed by atoms with Gasteiger partial charge in [0.05, 0.1) is 21.6 Å². The second kappa shape index (κ2) is 9.42. The van der Waals surface area contributed by atoms with Gasteiger partial charge in [-0.15, -0.1) is 0 Å². The van der Waals surface area contributed by atoms with Gasteiger partial charge in [0.2, 0.25) is 5.75 Å². The van der Waals surface area contributed by atoms with Crippen molar-refractivity contribution in [1.82, 2.24) is 5.32 Å². The zero-order valence-corrected chi connectivity index (χ0v) is 17.9. The predicted molar refractivity (Wildman–Crippen MR) is 122 cm³/mol. The SMILES string of the molecule is O=C1NC(=O)N(c2ccc(F)cc2)C(=O)/C1=C/c1ccc(Oc2ccc([N+](=O)[O-])cc2[N+](=O)[O-])cc1. The van der Waals surface area contributed by atoms with Crippen LogP contribution in [-0.4, -0.2) is 27.7 Å². The summed E-state index contributed by atoms with van der Waals surface area (Å²) in [4.78, 5) is 58.6. The molecular formula is C23H13FN4O8. The molecule has 3 aromatic rings. The number of nitro groups is 2. The van der Waals surface area contributed by atoms with Gasteiger partial charge >= 0.3 is 11.7 Å². The molecular weight excluding hydrogens is 479 g/mol. The fourth-order valence-corrected chi connectivity index (χ4v) is 3.26. The zero-order chi connectivity index (χ0) is 26.0. The number of rotatable bonds is 6. The first-order valence-corrected chi connectivity index (χ1v) is 10.0. The Bertz CT molecular complexity index is 1450. The van der Waals surface area contributed by atoms with Crippen LogP contribution in [0.15, 0.2) is 72.3 Å². The van der Waals surface area contributed by atoms with Crippen LogP contribution in [-0.2, 0) is 9.59 Å². The van der Waals surface area contributed by atoms with E-state index in [2.05, 4.69) is 0 Å². The highest BCUT2D eigenvalue weighted by Gasteiger charge is 2.36. The van der Waals surface area contributed by atoms with Crippen LogP contribution >= 0.6 is 0 Å². The number of urea groups is 1. The summed E-state index contributed by atoms with van der Waals surface area (Å²) in [6.07, 6.45) is 1.22. The Morgan fingerprint density at radius 3 is 2.17 bits per heavy atom. The van der Waals surface area contributed by atoms with Crippen LogP contribution in [0.4, 0.5) is 26.2 Å². The molecule has 1 saturated heterocycles. The number of nitrogens with one attached hydrogen (secondary N) is 1. The van der Waals surface area contributed by atoms with E-state index in [4.69, 9.17) is 4.74 Å². The number of carbonyl (C=O) groups is 3. The van der Waals surface area contributed by atoms with E-state index >= 15 is 0 Å². The molecule has 1 N–H and O–H groups in total. The monoisotopic (exact) mass is 492 g/mol. The van der Waals surface area contributed by atoms with Crippen molar-refractivity contribution in [2.45, 2.75) is 0 Å². The summed E-state index contributed by atoms with van der Waals surface area (Å²) in [5, 5.41) is 24.2. The summed E-state index contributed by atoms with van der Waals surface area (Å²) in [7, 11) is 0. The summed E-state index contributed by atoms with van der Waals surface area (Å²) in [6, 6.07) is 12.2. The first-order valence-electron chi connectivity index (χ1n) is 10.0. The lowest BCUT2D eigenvalue weighted by molar-refractivity contribution is -0.394. The molecule has 0 unspecified atom stereocenters. The minimum Gasteiger partial charge on any atom is -0.450 e. The van der Waals surface area contributed by atoms with E-state index in [1.54, 1.807) is 0 Å². The summed E-state index contributed by atoms with van der Waals surface area (Å²) >= 11 is 0. The lowest BCUT2D eigenvalue weighted by atomic mass is 10.1. The van der Waals surface area contributed by atoms with Crippen LogP contribution in [0.2, 0.25) is 0 Å². The predicted octanol–water partition coefficient (Wildman–Crippen LogP) is 4.10. The fourth-order valence-electron chi connectivity index (χ4n) is 3.26. The van der Waals surface area contributed by atoms with E-state index in [1.165, 1.54) is 42.5 Å². The fraction of sp³-hybridized carbons (Fsp3) is 0. The van der Waals surface area contributed by atoms with Gasteiger partial charge in [-0.25, -0.2) is 14.1 Å². The minimum atomic E-state index is -0.984. The van der Waals surface area contributed by atoms with Crippen molar-refractivity contribution in [2.75, 3.05) is 4.90 Å². The number of anilines is 1. The van der Waals surface area contributed by atoms with Crippen molar-refractivity contribution < 1.29 is 33.4 Å². The second-order valence-corrected chi connectivity index (χ2v) is 7.27. The molecule has 0 spiro atoms. The maximum atomic E-state index is 13.2. The van der Waals surface area contributed by atoms with Gasteiger partial charge in [0.25, 0.3) is 17.5 Å². The van der Waals surface area contributed by atoms with Crippen molar-refractivity contribution in [2.24, 2.45) is 0 Å². The van der Waals surface area contributed by atoms with Gasteiger partial charge in [-0.05, 0) is 54.1 Å². The number of hydrogen-bond acceptors (Lipinski definition) is 8. The van der Waals surface area contributed by atoms with Gasteiger partial charge in [-0.1, -0.05) is 12.1 Å². The summed E-state index contributed by atoms with van der Waals surface area (Å²) in [5.41, 5.74) is -1.03. The quantitative estimate of drug-likeness (QED) is 0.233. The molecule has 13 heteroatoms. The molecule has 180 valence electrons. The Morgan fingerprint density at radius 1 is 0.889 bits per heavy atom. The highest BCUT2D eigenvalue weighted by atomic mass is 19.1. The molecule has 12 nitrogen and oxygen atoms in total. The number of halogens is 1. The number of barbiturate groups is 1. The Hall–Kier alpha value is -5.46. The van der Waals surface area contributed by atoms with Gasteiger partial charge < -0.3 is 4.74 Å². The van der Waals surface area contributed by atoms with Crippen LogP contribution < -0.4 is 15.0 Å². The molecule has 3 aromatic carbocycles. The lowest BCUT2D eigenvalue weighted by Gasteiger charge is -2.26. The zero-order valence-electron chi connectivity index (χ0n) is 17.9. The average Bonchev–Trinajstić information content (AvgIpc) is 2.84. The number of nitrogens with zero attached hydrogens (tertiary/aromatic N) is 3. The van der Waals surface area contributed by atoms with Crippen LogP contribution in [0, 0.1) is 26.0 Å². The molecule has 0 atom stereocenters. The van der Waals surface area contributed by atoms with Crippen molar-refractivity contribution in [3.63, 3.8) is 0 Å². The third-order valence-electron chi connectivity index (χ3n) is 4.96. The van der Waals surface area contributed by atoms with E-state index in [1.807, 2.05) is 5.32 Å². The second-order valence-electron chi connectivity index (χ2n) is 7.27. The van der Waals surface area contributed by atoms with E-state index < -0.39 is 44.9 Å². The lowest BCUT2D eigenvalue weighted by Crippen LogP contribution is -2.54. The molecule has 36 heavy (non-hydrogen) atoms. The number of imide groups is 2. The number of hydrogen-bond donors (Lipinski definition) is 1. The molecule has 0 aromatic heterocycles. The number of non-ortho nitro benzene ring substituents is 1. The highest BCUT2D eigenvalue weighted by Crippen LogP contribution is 2.34.